The molecule has 7 nitrogen and oxygen atoms in total. The van der Waals surface area contributed by atoms with Crippen LogP contribution in [-0.2, 0) is 27.2 Å². The number of aromatic nitrogens is 2. The molecule has 2 heterocycles. The molecule has 4 rings (SSSR count). The summed E-state index contributed by atoms with van der Waals surface area (Å²) in [6.45, 7) is 2.02. The van der Waals surface area contributed by atoms with Gasteiger partial charge < -0.3 is 10.1 Å². The van der Waals surface area contributed by atoms with Crippen LogP contribution in [-0.4, -0.2) is 40.8 Å². The molecular weight excluding hydrogens is 470 g/mol. The Balaban J connectivity index is 1.74. The number of amides is 1. The Labute approximate surface area is 198 Å². The number of ether oxygens (including phenoxy) is 1. The van der Waals surface area contributed by atoms with Crippen molar-refractivity contribution in [2.24, 2.45) is 5.92 Å². The standard InChI is InChI=1S/C22H22ClN3O4S2/c1-12-3-8-15-16(9-12)32-20-19(15)21(29)26(14-6-4-13(23)5-7-14)22(25-20)31-11-17(27)24-10-18(28)30-2/h4-7,12H,3,8-11H2,1-2H3,(H,24,27). The molecule has 0 fully saturated rings. The third-order valence-corrected chi connectivity index (χ3v) is 7.71. The topological polar surface area (TPSA) is 90.3 Å². The van der Waals surface area contributed by atoms with Gasteiger partial charge >= 0.3 is 5.97 Å². The number of hydrogen-bond donors (Lipinski definition) is 1. The Morgan fingerprint density at radius 1 is 1.34 bits per heavy atom. The minimum absolute atomic E-state index is 0.00462. The van der Waals surface area contributed by atoms with Crippen LogP contribution in [0.4, 0.5) is 0 Å². The normalized spacial score (nSPS) is 15.4. The van der Waals surface area contributed by atoms with Crippen molar-refractivity contribution in [2.75, 3.05) is 19.4 Å². The molecule has 1 amide bonds. The number of rotatable bonds is 6. The van der Waals surface area contributed by atoms with Crippen molar-refractivity contribution in [3.8, 4) is 5.69 Å². The average molecular weight is 492 g/mol. The zero-order valence-corrected chi connectivity index (χ0v) is 20.0. The van der Waals surface area contributed by atoms with Gasteiger partial charge in [-0.1, -0.05) is 30.3 Å². The number of hydrogen-bond acceptors (Lipinski definition) is 7. The highest BCUT2D eigenvalue weighted by Gasteiger charge is 2.25. The van der Waals surface area contributed by atoms with E-state index in [0.717, 1.165) is 36.6 Å². The van der Waals surface area contributed by atoms with Crippen LogP contribution in [0.1, 0.15) is 23.8 Å². The van der Waals surface area contributed by atoms with Gasteiger partial charge in [0.2, 0.25) is 5.91 Å². The monoisotopic (exact) mass is 491 g/mol. The fraction of sp³-hybridized carbons (Fsp3) is 0.364. The molecule has 3 aromatic rings. The quantitative estimate of drug-likeness (QED) is 0.322. The first-order valence-corrected chi connectivity index (χ1v) is 12.3. The number of fused-ring (bicyclic) bond motifs is 3. The van der Waals surface area contributed by atoms with Gasteiger partial charge in [-0.2, -0.15) is 0 Å². The maximum atomic E-state index is 13.7. The summed E-state index contributed by atoms with van der Waals surface area (Å²) in [5.74, 6) is -0.289. The largest absolute Gasteiger partial charge is 0.468 e. The van der Waals surface area contributed by atoms with E-state index in [1.54, 1.807) is 40.2 Å². The number of halogens is 1. The van der Waals surface area contributed by atoms with Gasteiger partial charge in [-0.3, -0.25) is 19.0 Å². The second kappa shape index (κ2) is 9.64. The van der Waals surface area contributed by atoms with E-state index in [1.807, 2.05) is 0 Å². The van der Waals surface area contributed by atoms with Gasteiger partial charge in [0.15, 0.2) is 5.16 Å². The van der Waals surface area contributed by atoms with E-state index >= 15 is 0 Å². The lowest BCUT2D eigenvalue weighted by atomic mass is 9.89. The number of esters is 1. The maximum Gasteiger partial charge on any atom is 0.325 e. The summed E-state index contributed by atoms with van der Waals surface area (Å²) >= 11 is 8.76. The maximum absolute atomic E-state index is 13.7. The molecule has 168 valence electrons. The van der Waals surface area contributed by atoms with Crippen LogP contribution in [0.15, 0.2) is 34.2 Å². The molecule has 0 spiro atoms. The van der Waals surface area contributed by atoms with Crippen molar-refractivity contribution in [3.05, 3.63) is 50.1 Å². The van der Waals surface area contributed by atoms with Crippen molar-refractivity contribution in [2.45, 2.75) is 31.3 Å². The highest BCUT2D eigenvalue weighted by Crippen LogP contribution is 2.37. The fourth-order valence-corrected chi connectivity index (χ4v) is 6.10. The molecule has 1 aliphatic rings. The first kappa shape index (κ1) is 22.8. The van der Waals surface area contributed by atoms with E-state index in [1.165, 1.54) is 12.0 Å². The first-order chi connectivity index (χ1) is 15.4. The molecule has 0 saturated heterocycles. The van der Waals surface area contributed by atoms with Gasteiger partial charge in [0, 0.05) is 9.90 Å². The Morgan fingerprint density at radius 3 is 2.81 bits per heavy atom. The lowest BCUT2D eigenvalue weighted by molar-refractivity contribution is -0.140. The molecule has 0 aliphatic heterocycles. The van der Waals surface area contributed by atoms with Crippen LogP contribution in [0, 0.1) is 5.92 Å². The van der Waals surface area contributed by atoms with E-state index in [-0.39, 0.29) is 23.8 Å². The van der Waals surface area contributed by atoms with E-state index in [2.05, 4.69) is 17.0 Å². The zero-order chi connectivity index (χ0) is 22.8. The third-order valence-electron chi connectivity index (χ3n) is 5.37. The number of aryl methyl sites for hydroxylation is 1. The summed E-state index contributed by atoms with van der Waals surface area (Å²) in [6.07, 6.45) is 2.88. The molecule has 2 aromatic heterocycles. The predicted molar refractivity (Wildman–Crippen MR) is 127 cm³/mol. The van der Waals surface area contributed by atoms with E-state index in [0.29, 0.717) is 32.0 Å². The van der Waals surface area contributed by atoms with Gasteiger partial charge in [0.25, 0.3) is 5.56 Å². The highest BCUT2D eigenvalue weighted by atomic mass is 35.5. The SMILES string of the molecule is COC(=O)CNC(=O)CSc1nc2sc3c(c2c(=O)n1-c1ccc(Cl)cc1)CCC(C)C3. The first-order valence-electron chi connectivity index (χ1n) is 10.2. The Morgan fingerprint density at radius 2 is 2.09 bits per heavy atom. The van der Waals surface area contributed by atoms with Gasteiger partial charge in [0.05, 0.1) is 23.9 Å². The van der Waals surface area contributed by atoms with Crippen LogP contribution < -0.4 is 10.9 Å². The van der Waals surface area contributed by atoms with Crippen LogP contribution in [0.2, 0.25) is 5.02 Å². The van der Waals surface area contributed by atoms with Crippen molar-refractivity contribution in [1.29, 1.82) is 0 Å². The summed E-state index contributed by atoms with van der Waals surface area (Å²) in [4.78, 5) is 43.8. The third kappa shape index (κ3) is 4.69. The second-order valence-electron chi connectivity index (χ2n) is 7.68. The van der Waals surface area contributed by atoms with Crippen LogP contribution in [0.5, 0.6) is 0 Å². The summed E-state index contributed by atoms with van der Waals surface area (Å²) in [5.41, 5.74) is 1.60. The minimum atomic E-state index is -0.528. The van der Waals surface area contributed by atoms with Crippen LogP contribution in [0.25, 0.3) is 15.9 Å². The number of carbonyl (C=O) groups excluding carboxylic acids is 2. The molecular formula is C22H22ClN3O4S2. The number of thiophene rings is 1. The number of nitrogens with one attached hydrogen (secondary N) is 1. The molecule has 0 saturated carbocycles. The molecule has 32 heavy (non-hydrogen) atoms. The number of carbonyl (C=O) groups is 2. The predicted octanol–water partition coefficient (Wildman–Crippen LogP) is 3.61. The van der Waals surface area contributed by atoms with Crippen molar-refractivity contribution in [3.63, 3.8) is 0 Å². The Bertz CT molecular complexity index is 1240. The molecule has 1 unspecified atom stereocenters. The second-order valence-corrected chi connectivity index (χ2v) is 10.1. The fourth-order valence-electron chi connectivity index (χ4n) is 3.71. The van der Waals surface area contributed by atoms with E-state index in [9.17, 15) is 14.4 Å². The van der Waals surface area contributed by atoms with Crippen LogP contribution >= 0.6 is 34.7 Å². The van der Waals surface area contributed by atoms with E-state index in [4.69, 9.17) is 16.6 Å². The molecule has 1 aliphatic carbocycles. The van der Waals surface area contributed by atoms with E-state index < -0.39 is 5.97 Å². The lowest BCUT2D eigenvalue weighted by Crippen LogP contribution is -2.31. The summed E-state index contributed by atoms with van der Waals surface area (Å²) in [7, 11) is 1.26. The Kier molecular flexibility index (Phi) is 6.88. The number of thioether (sulfide) groups is 1. The summed E-state index contributed by atoms with van der Waals surface area (Å²) in [6, 6.07) is 6.96. The summed E-state index contributed by atoms with van der Waals surface area (Å²) < 4.78 is 6.08. The highest BCUT2D eigenvalue weighted by molar-refractivity contribution is 7.99. The molecule has 0 bridgehead atoms. The number of methoxy groups -OCH3 is 1. The Hall–Kier alpha value is -2.36. The van der Waals surface area contributed by atoms with Crippen LogP contribution in [0.3, 0.4) is 0 Å². The summed E-state index contributed by atoms with van der Waals surface area (Å²) in [5, 5.41) is 4.16. The van der Waals surface area contributed by atoms with Gasteiger partial charge in [0.1, 0.15) is 11.4 Å². The lowest BCUT2D eigenvalue weighted by Gasteiger charge is -2.17. The minimum Gasteiger partial charge on any atom is -0.468 e. The molecule has 1 N–H and O–H groups in total. The van der Waals surface area contributed by atoms with Crippen molar-refractivity contribution >= 4 is 56.8 Å². The number of nitrogens with zero attached hydrogens (tertiary/aromatic N) is 2. The smallest absolute Gasteiger partial charge is 0.325 e. The van der Waals surface area contributed by atoms with Crippen molar-refractivity contribution < 1.29 is 14.3 Å². The average Bonchev–Trinajstić information content (AvgIpc) is 3.14. The van der Waals surface area contributed by atoms with Gasteiger partial charge in [-0.05, 0) is 55.0 Å². The molecule has 0 radical (unpaired) electrons. The number of benzene rings is 1. The van der Waals surface area contributed by atoms with Gasteiger partial charge in [-0.15, -0.1) is 11.3 Å². The zero-order valence-electron chi connectivity index (χ0n) is 17.6. The van der Waals surface area contributed by atoms with Gasteiger partial charge in [-0.25, -0.2) is 4.98 Å². The van der Waals surface area contributed by atoms with Crippen molar-refractivity contribution in [1.82, 2.24) is 14.9 Å². The molecule has 1 atom stereocenters. The molecule has 1 aromatic carbocycles. The molecule has 10 heteroatoms.